The Morgan fingerprint density at radius 2 is 1.64 bits per heavy atom. The van der Waals surface area contributed by atoms with E-state index >= 15 is 0 Å². The summed E-state index contributed by atoms with van der Waals surface area (Å²) in [5.74, 6) is 1.66. The molecule has 0 atom stereocenters. The van der Waals surface area contributed by atoms with E-state index in [1.165, 1.54) is 7.11 Å². The van der Waals surface area contributed by atoms with Crippen molar-refractivity contribution in [3.8, 4) is 11.5 Å². The molecule has 1 saturated heterocycles. The second kappa shape index (κ2) is 10.0. The topological polar surface area (TPSA) is 94.0 Å². The lowest BCUT2D eigenvalue weighted by molar-refractivity contribution is -0.132. The lowest BCUT2D eigenvalue weighted by atomic mass is 10.1. The number of carbonyl (C=O) groups excluding carboxylic acids is 2. The Bertz CT molecular complexity index is 1360. The van der Waals surface area contributed by atoms with E-state index in [-0.39, 0.29) is 29.8 Å². The van der Waals surface area contributed by atoms with Crippen molar-refractivity contribution in [2.75, 3.05) is 40.4 Å². The zero-order chi connectivity index (χ0) is 25.2. The Kier molecular flexibility index (Phi) is 6.63. The standard InChI is InChI=1S/C27H30N4O5/c1-35-22-10-7-18(17-23(22)36-2)26(33)30-15-13-29(14-16-30)25(32)12-11-24-28-21-6-4-3-5-20(21)27(34)31(24)19-8-9-19/h3-7,10,17,19H,8-9,11-16H2,1-2H3. The molecule has 2 aliphatic rings. The van der Waals surface area contributed by atoms with Crippen molar-refractivity contribution in [3.63, 3.8) is 0 Å². The van der Waals surface area contributed by atoms with Crippen LogP contribution in [0.4, 0.5) is 0 Å². The molecule has 0 radical (unpaired) electrons. The van der Waals surface area contributed by atoms with E-state index in [0.717, 1.165) is 12.8 Å². The van der Waals surface area contributed by atoms with Crippen LogP contribution in [0.5, 0.6) is 11.5 Å². The highest BCUT2D eigenvalue weighted by Gasteiger charge is 2.29. The monoisotopic (exact) mass is 490 g/mol. The van der Waals surface area contributed by atoms with Crippen LogP contribution in [0.25, 0.3) is 10.9 Å². The molecule has 2 fully saturated rings. The number of aryl methyl sites for hydroxylation is 1. The predicted octanol–water partition coefficient (Wildman–Crippen LogP) is 2.67. The molecular weight excluding hydrogens is 460 g/mol. The molecule has 2 amide bonds. The highest BCUT2D eigenvalue weighted by atomic mass is 16.5. The fourth-order valence-corrected chi connectivity index (χ4v) is 4.77. The third-order valence-corrected chi connectivity index (χ3v) is 6.91. The number of ether oxygens (including phenoxy) is 2. The maximum atomic E-state index is 13.0. The molecule has 1 aliphatic heterocycles. The number of carbonyl (C=O) groups is 2. The van der Waals surface area contributed by atoms with Gasteiger partial charge in [0.15, 0.2) is 11.5 Å². The molecule has 0 N–H and O–H groups in total. The van der Waals surface area contributed by atoms with Crippen molar-refractivity contribution in [3.05, 3.63) is 64.2 Å². The van der Waals surface area contributed by atoms with Crippen molar-refractivity contribution < 1.29 is 19.1 Å². The summed E-state index contributed by atoms with van der Waals surface area (Å²) >= 11 is 0. The Morgan fingerprint density at radius 1 is 0.944 bits per heavy atom. The van der Waals surface area contributed by atoms with Crippen molar-refractivity contribution in [1.82, 2.24) is 19.4 Å². The van der Waals surface area contributed by atoms with Gasteiger partial charge in [-0.3, -0.25) is 19.0 Å². The summed E-state index contributed by atoms with van der Waals surface area (Å²) in [5, 5.41) is 0.620. The van der Waals surface area contributed by atoms with Gasteiger partial charge < -0.3 is 19.3 Å². The minimum absolute atomic E-state index is 0.0120. The van der Waals surface area contributed by atoms with E-state index in [4.69, 9.17) is 14.5 Å². The summed E-state index contributed by atoms with van der Waals surface area (Å²) in [6.07, 6.45) is 2.63. The van der Waals surface area contributed by atoms with Gasteiger partial charge in [0, 0.05) is 50.6 Å². The smallest absolute Gasteiger partial charge is 0.261 e. The summed E-state index contributed by atoms with van der Waals surface area (Å²) in [4.78, 5) is 47.3. The first-order valence-corrected chi connectivity index (χ1v) is 12.3. The number of aromatic nitrogens is 2. The third-order valence-electron chi connectivity index (χ3n) is 6.91. The van der Waals surface area contributed by atoms with Crippen LogP contribution in [-0.2, 0) is 11.2 Å². The highest BCUT2D eigenvalue weighted by molar-refractivity contribution is 5.95. The number of amides is 2. The molecule has 1 aromatic heterocycles. The van der Waals surface area contributed by atoms with E-state index in [1.54, 1.807) is 45.7 Å². The van der Waals surface area contributed by atoms with Gasteiger partial charge in [0.25, 0.3) is 11.5 Å². The average Bonchev–Trinajstić information content (AvgIpc) is 3.76. The molecule has 2 heterocycles. The van der Waals surface area contributed by atoms with Crippen molar-refractivity contribution >= 4 is 22.7 Å². The van der Waals surface area contributed by atoms with Crippen LogP contribution in [0, 0.1) is 0 Å². The molecule has 188 valence electrons. The third kappa shape index (κ3) is 4.65. The number of fused-ring (bicyclic) bond motifs is 1. The van der Waals surface area contributed by atoms with Crippen LogP contribution in [0.3, 0.4) is 0 Å². The minimum Gasteiger partial charge on any atom is -0.493 e. The van der Waals surface area contributed by atoms with E-state index in [9.17, 15) is 14.4 Å². The van der Waals surface area contributed by atoms with Gasteiger partial charge in [-0.15, -0.1) is 0 Å². The minimum atomic E-state index is -0.100. The molecule has 5 rings (SSSR count). The van der Waals surface area contributed by atoms with Crippen LogP contribution >= 0.6 is 0 Å². The summed E-state index contributed by atoms with van der Waals surface area (Å²) in [5.41, 5.74) is 1.17. The van der Waals surface area contributed by atoms with Crippen LogP contribution in [0.1, 0.15) is 41.5 Å². The Labute approximate surface area is 209 Å². The van der Waals surface area contributed by atoms with Crippen molar-refractivity contribution in [1.29, 1.82) is 0 Å². The maximum absolute atomic E-state index is 13.0. The van der Waals surface area contributed by atoms with Gasteiger partial charge in [0.05, 0.1) is 25.1 Å². The summed E-state index contributed by atoms with van der Waals surface area (Å²) < 4.78 is 12.3. The quantitative estimate of drug-likeness (QED) is 0.506. The number of rotatable bonds is 7. The van der Waals surface area contributed by atoms with Gasteiger partial charge in [-0.25, -0.2) is 4.98 Å². The summed E-state index contributed by atoms with van der Waals surface area (Å²) in [6, 6.07) is 12.7. The maximum Gasteiger partial charge on any atom is 0.261 e. The fourth-order valence-electron chi connectivity index (χ4n) is 4.77. The van der Waals surface area contributed by atoms with E-state index in [0.29, 0.717) is 66.4 Å². The van der Waals surface area contributed by atoms with Gasteiger partial charge in [0.1, 0.15) is 5.82 Å². The van der Waals surface area contributed by atoms with Crippen LogP contribution < -0.4 is 15.0 Å². The first-order valence-electron chi connectivity index (χ1n) is 12.3. The fraction of sp³-hybridized carbons (Fsp3) is 0.407. The van der Waals surface area contributed by atoms with Gasteiger partial charge in [0.2, 0.25) is 5.91 Å². The van der Waals surface area contributed by atoms with E-state index in [1.807, 2.05) is 18.2 Å². The Hall–Kier alpha value is -3.88. The predicted molar refractivity (Wildman–Crippen MR) is 135 cm³/mol. The molecule has 1 aliphatic carbocycles. The lowest BCUT2D eigenvalue weighted by Crippen LogP contribution is -2.50. The molecular formula is C27H30N4O5. The normalized spacial score (nSPS) is 15.7. The van der Waals surface area contributed by atoms with Crippen LogP contribution in [0.15, 0.2) is 47.3 Å². The molecule has 0 bridgehead atoms. The van der Waals surface area contributed by atoms with E-state index < -0.39 is 0 Å². The number of hydrogen-bond acceptors (Lipinski definition) is 6. The van der Waals surface area contributed by atoms with Gasteiger partial charge in [-0.1, -0.05) is 12.1 Å². The van der Waals surface area contributed by atoms with Crippen molar-refractivity contribution in [2.45, 2.75) is 31.7 Å². The second-order valence-electron chi connectivity index (χ2n) is 9.19. The SMILES string of the molecule is COc1ccc(C(=O)N2CCN(C(=O)CCc3nc4ccccc4c(=O)n3C3CC3)CC2)cc1OC. The number of nitrogens with zero attached hydrogens (tertiary/aromatic N) is 4. The summed E-state index contributed by atoms with van der Waals surface area (Å²) in [6.45, 7) is 1.86. The first-order chi connectivity index (χ1) is 17.5. The number of methoxy groups -OCH3 is 2. The number of para-hydroxylation sites is 1. The molecule has 36 heavy (non-hydrogen) atoms. The molecule has 9 nitrogen and oxygen atoms in total. The molecule has 0 spiro atoms. The van der Waals surface area contributed by atoms with Gasteiger partial charge in [-0.2, -0.15) is 0 Å². The van der Waals surface area contributed by atoms with Crippen LogP contribution in [-0.4, -0.2) is 71.6 Å². The molecule has 9 heteroatoms. The molecule has 3 aromatic rings. The Balaban J connectivity index is 1.21. The zero-order valence-corrected chi connectivity index (χ0v) is 20.6. The summed E-state index contributed by atoms with van der Waals surface area (Å²) in [7, 11) is 3.09. The number of piperazine rings is 1. The lowest BCUT2D eigenvalue weighted by Gasteiger charge is -2.35. The van der Waals surface area contributed by atoms with Gasteiger partial charge in [-0.05, 0) is 43.2 Å². The number of benzene rings is 2. The largest absolute Gasteiger partial charge is 0.493 e. The van der Waals surface area contributed by atoms with Crippen molar-refractivity contribution in [2.24, 2.45) is 0 Å². The van der Waals surface area contributed by atoms with Gasteiger partial charge >= 0.3 is 0 Å². The molecule has 1 saturated carbocycles. The number of hydrogen-bond donors (Lipinski definition) is 0. The Morgan fingerprint density at radius 3 is 2.33 bits per heavy atom. The van der Waals surface area contributed by atoms with Crippen LogP contribution in [0.2, 0.25) is 0 Å². The van der Waals surface area contributed by atoms with E-state index in [2.05, 4.69) is 0 Å². The molecule has 0 unspecified atom stereocenters. The average molecular weight is 491 g/mol. The zero-order valence-electron chi connectivity index (χ0n) is 20.6. The highest BCUT2D eigenvalue weighted by Crippen LogP contribution is 2.35. The second-order valence-corrected chi connectivity index (χ2v) is 9.19. The first kappa shape index (κ1) is 23.8. The molecule has 2 aromatic carbocycles.